The molecule has 0 bridgehead atoms. The molecular formula is C11H13NO4. The number of esters is 1. The molecule has 0 saturated heterocycles. The molecule has 86 valence electrons. The van der Waals surface area contributed by atoms with Crippen molar-refractivity contribution in [3.05, 3.63) is 30.3 Å². The van der Waals surface area contributed by atoms with Crippen LogP contribution in [0.25, 0.3) is 0 Å². The maximum absolute atomic E-state index is 11.2. The number of amides is 1. The number of hydrogen-bond acceptors (Lipinski definition) is 4. The van der Waals surface area contributed by atoms with Crippen LogP contribution in [0.5, 0.6) is 0 Å². The molecule has 0 atom stereocenters. The molecule has 0 radical (unpaired) electrons. The van der Waals surface area contributed by atoms with Crippen LogP contribution in [0.2, 0.25) is 0 Å². The number of carbonyl (C=O) groups excluding carboxylic acids is 2. The number of ether oxygens (including phenoxy) is 2. The van der Waals surface area contributed by atoms with E-state index < -0.39 is 12.1 Å². The number of para-hydroxylation sites is 1. The quantitative estimate of drug-likeness (QED) is 0.624. The first-order chi connectivity index (χ1) is 7.68. The first-order valence-corrected chi connectivity index (χ1v) is 4.80. The van der Waals surface area contributed by atoms with Gasteiger partial charge in [-0.1, -0.05) is 18.2 Å². The van der Waals surface area contributed by atoms with Crippen molar-refractivity contribution < 1.29 is 19.1 Å². The molecule has 0 unspecified atom stereocenters. The van der Waals surface area contributed by atoms with Crippen molar-refractivity contribution in [2.45, 2.75) is 6.92 Å². The fourth-order valence-corrected chi connectivity index (χ4v) is 0.995. The zero-order chi connectivity index (χ0) is 11.8. The van der Waals surface area contributed by atoms with Crippen molar-refractivity contribution in [1.82, 2.24) is 0 Å². The van der Waals surface area contributed by atoms with Crippen LogP contribution < -0.4 is 5.32 Å². The Bertz CT molecular complexity index is 350. The summed E-state index contributed by atoms with van der Waals surface area (Å²) in [5.74, 6) is -0.396. The predicted octanol–water partition coefficient (Wildman–Crippen LogP) is 1.80. The zero-order valence-corrected chi connectivity index (χ0v) is 8.93. The SMILES string of the molecule is CC(=O)OCCOC(=O)Nc1ccccc1. The summed E-state index contributed by atoms with van der Waals surface area (Å²) < 4.78 is 9.37. The summed E-state index contributed by atoms with van der Waals surface area (Å²) in [6.45, 7) is 1.40. The molecule has 1 rings (SSSR count). The summed E-state index contributed by atoms with van der Waals surface area (Å²) >= 11 is 0. The van der Waals surface area contributed by atoms with E-state index in [0.29, 0.717) is 5.69 Å². The molecule has 0 aromatic heterocycles. The Morgan fingerprint density at radius 2 is 1.75 bits per heavy atom. The summed E-state index contributed by atoms with van der Waals surface area (Å²) in [5, 5.41) is 2.53. The van der Waals surface area contributed by atoms with E-state index in [9.17, 15) is 9.59 Å². The molecule has 0 aliphatic rings. The molecule has 5 heteroatoms. The van der Waals surface area contributed by atoms with Gasteiger partial charge in [-0.15, -0.1) is 0 Å². The smallest absolute Gasteiger partial charge is 0.411 e. The van der Waals surface area contributed by atoms with Gasteiger partial charge < -0.3 is 9.47 Å². The average molecular weight is 223 g/mol. The van der Waals surface area contributed by atoms with E-state index in [1.54, 1.807) is 24.3 Å². The largest absolute Gasteiger partial charge is 0.462 e. The van der Waals surface area contributed by atoms with E-state index in [1.165, 1.54) is 6.92 Å². The summed E-state index contributed by atoms with van der Waals surface area (Å²) in [7, 11) is 0. The molecule has 0 spiro atoms. The van der Waals surface area contributed by atoms with Crippen LogP contribution >= 0.6 is 0 Å². The lowest BCUT2D eigenvalue weighted by Crippen LogP contribution is -2.17. The van der Waals surface area contributed by atoms with E-state index in [1.807, 2.05) is 6.07 Å². The van der Waals surface area contributed by atoms with Gasteiger partial charge in [0.15, 0.2) is 0 Å². The number of benzene rings is 1. The van der Waals surface area contributed by atoms with E-state index in [4.69, 9.17) is 4.74 Å². The normalized spacial score (nSPS) is 9.31. The summed E-state index contributed by atoms with van der Waals surface area (Å²) in [6, 6.07) is 8.93. The zero-order valence-electron chi connectivity index (χ0n) is 8.93. The van der Waals surface area contributed by atoms with Crippen molar-refractivity contribution in [3.63, 3.8) is 0 Å². The number of hydrogen-bond donors (Lipinski definition) is 1. The molecule has 0 aliphatic heterocycles. The summed E-state index contributed by atoms with van der Waals surface area (Å²) in [4.78, 5) is 21.6. The van der Waals surface area contributed by atoms with E-state index in [0.717, 1.165) is 0 Å². The average Bonchev–Trinajstić information content (AvgIpc) is 2.25. The van der Waals surface area contributed by atoms with Crippen molar-refractivity contribution in [2.75, 3.05) is 18.5 Å². The van der Waals surface area contributed by atoms with Crippen LogP contribution in [0.4, 0.5) is 10.5 Å². The lowest BCUT2D eigenvalue weighted by molar-refractivity contribution is -0.141. The minimum atomic E-state index is -0.571. The van der Waals surface area contributed by atoms with Gasteiger partial charge in [0, 0.05) is 12.6 Å². The fourth-order valence-electron chi connectivity index (χ4n) is 0.995. The van der Waals surface area contributed by atoms with Crippen LogP contribution in [0, 0.1) is 0 Å². The molecule has 5 nitrogen and oxygen atoms in total. The number of anilines is 1. The molecule has 1 N–H and O–H groups in total. The third-order valence-electron chi connectivity index (χ3n) is 1.64. The molecule has 0 heterocycles. The van der Waals surface area contributed by atoms with Gasteiger partial charge in [-0.3, -0.25) is 10.1 Å². The highest BCUT2D eigenvalue weighted by atomic mass is 16.6. The van der Waals surface area contributed by atoms with Crippen LogP contribution in [0.15, 0.2) is 30.3 Å². The Kier molecular flexibility index (Phi) is 4.85. The molecule has 0 aliphatic carbocycles. The van der Waals surface area contributed by atoms with Gasteiger partial charge in [0.2, 0.25) is 0 Å². The predicted molar refractivity (Wildman–Crippen MR) is 58.0 cm³/mol. The van der Waals surface area contributed by atoms with Gasteiger partial charge >= 0.3 is 12.1 Å². The second-order valence-corrected chi connectivity index (χ2v) is 2.97. The maximum atomic E-state index is 11.2. The Morgan fingerprint density at radius 1 is 1.12 bits per heavy atom. The van der Waals surface area contributed by atoms with Gasteiger partial charge in [-0.25, -0.2) is 4.79 Å². The van der Waals surface area contributed by atoms with E-state index in [-0.39, 0.29) is 13.2 Å². The van der Waals surface area contributed by atoms with Gasteiger partial charge in [-0.2, -0.15) is 0 Å². The lowest BCUT2D eigenvalue weighted by Gasteiger charge is -2.06. The van der Waals surface area contributed by atoms with Crippen LogP contribution in [-0.4, -0.2) is 25.3 Å². The van der Waals surface area contributed by atoms with Gasteiger partial charge in [0.1, 0.15) is 13.2 Å². The molecule has 0 fully saturated rings. The highest BCUT2D eigenvalue weighted by molar-refractivity contribution is 5.84. The third-order valence-corrected chi connectivity index (χ3v) is 1.64. The van der Waals surface area contributed by atoms with Gasteiger partial charge in [-0.05, 0) is 12.1 Å². The number of carbonyl (C=O) groups is 2. The molecule has 0 saturated carbocycles. The van der Waals surface area contributed by atoms with Crippen molar-refractivity contribution in [3.8, 4) is 0 Å². The fraction of sp³-hybridized carbons (Fsp3) is 0.273. The van der Waals surface area contributed by atoms with E-state index >= 15 is 0 Å². The molecular weight excluding hydrogens is 210 g/mol. The monoisotopic (exact) mass is 223 g/mol. The third kappa shape index (κ3) is 4.99. The Hall–Kier alpha value is -2.04. The van der Waals surface area contributed by atoms with Crippen molar-refractivity contribution in [2.24, 2.45) is 0 Å². The first kappa shape index (κ1) is 12.0. The summed E-state index contributed by atoms with van der Waals surface area (Å²) in [5.41, 5.74) is 0.653. The highest BCUT2D eigenvalue weighted by Gasteiger charge is 2.02. The van der Waals surface area contributed by atoms with Gasteiger partial charge in [0.05, 0.1) is 0 Å². The first-order valence-electron chi connectivity index (χ1n) is 4.80. The minimum absolute atomic E-state index is 0.0399. The van der Waals surface area contributed by atoms with Crippen molar-refractivity contribution >= 4 is 17.7 Å². The number of rotatable bonds is 4. The topological polar surface area (TPSA) is 64.6 Å². The Morgan fingerprint density at radius 3 is 2.38 bits per heavy atom. The Balaban J connectivity index is 2.19. The highest BCUT2D eigenvalue weighted by Crippen LogP contribution is 2.04. The van der Waals surface area contributed by atoms with Gasteiger partial charge in [0.25, 0.3) is 0 Å². The van der Waals surface area contributed by atoms with Crippen molar-refractivity contribution in [1.29, 1.82) is 0 Å². The van der Waals surface area contributed by atoms with E-state index in [2.05, 4.69) is 10.1 Å². The lowest BCUT2D eigenvalue weighted by atomic mass is 10.3. The van der Waals surface area contributed by atoms with Crippen LogP contribution in [0.1, 0.15) is 6.92 Å². The second kappa shape index (κ2) is 6.44. The molecule has 16 heavy (non-hydrogen) atoms. The maximum Gasteiger partial charge on any atom is 0.411 e. The Labute approximate surface area is 93.4 Å². The van der Waals surface area contributed by atoms with Crippen LogP contribution in [-0.2, 0) is 14.3 Å². The molecule has 1 amide bonds. The minimum Gasteiger partial charge on any atom is -0.462 e. The summed E-state index contributed by atoms with van der Waals surface area (Å²) in [6.07, 6.45) is -0.571. The second-order valence-electron chi connectivity index (χ2n) is 2.97. The molecule has 1 aromatic carbocycles. The number of nitrogens with one attached hydrogen (secondary N) is 1. The standard InChI is InChI=1S/C11H13NO4/c1-9(13)15-7-8-16-11(14)12-10-5-3-2-4-6-10/h2-6H,7-8H2,1H3,(H,12,14). The van der Waals surface area contributed by atoms with Crippen LogP contribution in [0.3, 0.4) is 0 Å². The molecule has 1 aromatic rings.